The van der Waals surface area contributed by atoms with Crippen molar-refractivity contribution >= 4 is 16.7 Å². The molecule has 6 heteroatoms. The van der Waals surface area contributed by atoms with Gasteiger partial charge in [0.05, 0.1) is 29.9 Å². The molecular weight excluding hydrogens is 340 g/mol. The fraction of sp³-hybridized carbons (Fsp3) is 0.333. The van der Waals surface area contributed by atoms with E-state index in [-0.39, 0.29) is 23.9 Å². The van der Waals surface area contributed by atoms with Gasteiger partial charge < -0.3 is 5.32 Å². The minimum atomic E-state index is -0.161. The van der Waals surface area contributed by atoms with E-state index in [1.54, 1.807) is 12.3 Å². The molecule has 6 nitrogen and oxygen atoms in total. The largest absolute Gasteiger partial charge is 0.350 e. The van der Waals surface area contributed by atoms with E-state index in [1.807, 2.05) is 50.2 Å². The second-order valence-electron chi connectivity index (χ2n) is 6.51. The number of carbonyl (C=O) groups is 1. The molecule has 0 atom stereocenters. The van der Waals surface area contributed by atoms with Gasteiger partial charge in [-0.2, -0.15) is 5.10 Å². The molecule has 3 rings (SSSR count). The molecule has 3 aromatic rings. The molecule has 1 aromatic carbocycles. The Morgan fingerprint density at radius 3 is 2.44 bits per heavy atom. The van der Waals surface area contributed by atoms with Crippen molar-refractivity contribution in [1.82, 2.24) is 20.1 Å². The van der Waals surface area contributed by atoms with E-state index in [9.17, 15) is 9.59 Å². The van der Waals surface area contributed by atoms with Crippen molar-refractivity contribution in [3.63, 3.8) is 0 Å². The number of fused-ring (bicyclic) bond motifs is 1. The molecule has 0 unspecified atom stereocenters. The molecule has 0 saturated heterocycles. The summed E-state index contributed by atoms with van der Waals surface area (Å²) in [6, 6.07) is 12.9. The van der Waals surface area contributed by atoms with Gasteiger partial charge in [-0.15, -0.1) is 0 Å². The van der Waals surface area contributed by atoms with E-state index in [2.05, 4.69) is 15.4 Å². The standard InChI is InChI=1S/C21H24N4O2/c1-3-15(4-2)20(26)23-13-19-17-10-5-6-11-18(17)21(27)25(24-19)14-16-9-7-8-12-22-16/h5-12,15H,3-4,13-14H2,1-2H3,(H,23,26). The van der Waals surface area contributed by atoms with Crippen molar-refractivity contribution in [3.05, 3.63) is 70.4 Å². The molecule has 2 heterocycles. The minimum Gasteiger partial charge on any atom is -0.350 e. The first-order valence-corrected chi connectivity index (χ1v) is 9.30. The third-order valence-corrected chi connectivity index (χ3v) is 4.77. The van der Waals surface area contributed by atoms with Crippen LogP contribution in [0.4, 0.5) is 0 Å². The first kappa shape index (κ1) is 18.8. The third kappa shape index (κ3) is 4.22. The summed E-state index contributed by atoms with van der Waals surface area (Å²) in [5.74, 6) is 0.0176. The van der Waals surface area contributed by atoms with Gasteiger partial charge in [-0.05, 0) is 31.0 Å². The predicted molar refractivity (Wildman–Crippen MR) is 105 cm³/mol. The Hall–Kier alpha value is -3.02. The van der Waals surface area contributed by atoms with Crippen LogP contribution in [-0.2, 0) is 17.9 Å². The molecule has 0 aliphatic rings. The Morgan fingerprint density at radius 1 is 1.07 bits per heavy atom. The van der Waals surface area contributed by atoms with Gasteiger partial charge in [0.1, 0.15) is 0 Å². The molecule has 0 bridgehead atoms. The van der Waals surface area contributed by atoms with E-state index in [0.29, 0.717) is 17.6 Å². The number of nitrogens with one attached hydrogen (secondary N) is 1. The molecule has 27 heavy (non-hydrogen) atoms. The average molecular weight is 364 g/mol. The summed E-state index contributed by atoms with van der Waals surface area (Å²) in [7, 11) is 0. The average Bonchev–Trinajstić information content (AvgIpc) is 2.71. The normalized spacial score (nSPS) is 11.1. The number of hydrogen-bond acceptors (Lipinski definition) is 4. The van der Waals surface area contributed by atoms with Crippen molar-refractivity contribution in [2.45, 2.75) is 39.8 Å². The molecule has 0 saturated carbocycles. The summed E-state index contributed by atoms with van der Waals surface area (Å²) >= 11 is 0. The van der Waals surface area contributed by atoms with Crippen LogP contribution in [0.1, 0.15) is 38.1 Å². The molecular formula is C21H24N4O2. The molecule has 0 aliphatic heterocycles. The molecule has 1 amide bonds. The SMILES string of the molecule is CCC(CC)C(=O)NCc1nn(Cc2ccccn2)c(=O)c2ccccc12. The van der Waals surface area contributed by atoms with Crippen LogP contribution in [0.2, 0.25) is 0 Å². The highest BCUT2D eigenvalue weighted by atomic mass is 16.2. The van der Waals surface area contributed by atoms with Crippen LogP contribution >= 0.6 is 0 Å². The van der Waals surface area contributed by atoms with Gasteiger partial charge in [-0.25, -0.2) is 4.68 Å². The molecule has 2 aromatic heterocycles. The maximum absolute atomic E-state index is 12.8. The van der Waals surface area contributed by atoms with Crippen molar-refractivity contribution < 1.29 is 4.79 Å². The van der Waals surface area contributed by atoms with Gasteiger partial charge in [-0.1, -0.05) is 38.1 Å². The Balaban J connectivity index is 1.95. The summed E-state index contributed by atoms with van der Waals surface area (Å²) < 4.78 is 1.42. The zero-order valence-electron chi connectivity index (χ0n) is 15.7. The second-order valence-corrected chi connectivity index (χ2v) is 6.51. The van der Waals surface area contributed by atoms with Crippen LogP contribution in [-0.4, -0.2) is 20.7 Å². The van der Waals surface area contributed by atoms with E-state index >= 15 is 0 Å². The lowest BCUT2D eigenvalue weighted by Crippen LogP contribution is -2.32. The van der Waals surface area contributed by atoms with Crippen molar-refractivity contribution in [3.8, 4) is 0 Å². The molecule has 0 radical (unpaired) electrons. The first-order chi connectivity index (χ1) is 13.1. The smallest absolute Gasteiger partial charge is 0.275 e. The number of carbonyl (C=O) groups excluding carboxylic acids is 1. The Kier molecular flexibility index (Phi) is 5.96. The Morgan fingerprint density at radius 2 is 1.78 bits per heavy atom. The van der Waals surface area contributed by atoms with Gasteiger partial charge in [-0.3, -0.25) is 14.6 Å². The first-order valence-electron chi connectivity index (χ1n) is 9.30. The monoisotopic (exact) mass is 364 g/mol. The molecule has 0 spiro atoms. The topological polar surface area (TPSA) is 76.9 Å². The summed E-state index contributed by atoms with van der Waals surface area (Å²) in [5.41, 5.74) is 1.28. The maximum atomic E-state index is 12.8. The molecule has 0 fully saturated rings. The lowest BCUT2D eigenvalue weighted by atomic mass is 10.0. The van der Waals surface area contributed by atoms with Crippen LogP contribution in [0.15, 0.2) is 53.5 Å². The quantitative estimate of drug-likeness (QED) is 0.699. The van der Waals surface area contributed by atoms with E-state index < -0.39 is 0 Å². The second kappa shape index (κ2) is 8.58. The van der Waals surface area contributed by atoms with Gasteiger partial charge in [0.2, 0.25) is 5.91 Å². The number of rotatable bonds is 7. The molecule has 1 N–H and O–H groups in total. The highest BCUT2D eigenvalue weighted by Gasteiger charge is 2.16. The van der Waals surface area contributed by atoms with E-state index in [1.165, 1.54) is 4.68 Å². The van der Waals surface area contributed by atoms with Crippen LogP contribution in [0.25, 0.3) is 10.8 Å². The zero-order chi connectivity index (χ0) is 19.2. The van der Waals surface area contributed by atoms with Crippen molar-refractivity contribution in [1.29, 1.82) is 0 Å². The van der Waals surface area contributed by atoms with E-state index in [0.717, 1.165) is 23.9 Å². The Labute approximate surface area is 158 Å². The summed E-state index contributed by atoms with van der Waals surface area (Å²) in [4.78, 5) is 29.4. The van der Waals surface area contributed by atoms with Crippen LogP contribution in [0, 0.1) is 5.92 Å². The Bertz CT molecular complexity index is 978. The number of pyridine rings is 1. The van der Waals surface area contributed by atoms with Gasteiger partial charge in [0.25, 0.3) is 5.56 Å². The number of hydrogen-bond donors (Lipinski definition) is 1. The lowest BCUT2D eigenvalue weighted by Gasteiger charge is -2.14. The summed E-state index contributed by atoms with van der Waals surface area (Å²) in [6.07, 6.45) is 3.30. The minimum absolute atomic E-state index is 0.00399. The van der Waals surface area contributed by atoms with Crippen LogP contribution in [0.3, 0.4) is 0 Å². The number of nitrogens with zero attached hydrogens (tertiary/aromatic N) is 3. The highest BCUT2D eigenvalue weighted by molar-refractivity contribution is 5.84. The molecule has 0 aliphatic carbocycles. The fourth-order valence-electron chi connectivity index (χ4n) is 3.16. The number of benzene rings is 1. The van der Waals surface area contributed by atoms with Crippen LogP contribution < -0.4 is 10.9 Å². The number of aromatic nitrogens is 3. The fourth-order valence-corrected chi connectivity index (χ4v) is 3.16. The van der Waals surface area contributed by atoms with E-state index in [4.69, 9.17) is 0 Å². The van der Waals surface area contributed by atoms with Crippen LogP contribution in [0.5, 0.6) is 0 Å². The molecule has 140 valence electrons. The van der Waals surface area contributed by atoms with Gasteiger partial charge in [0, 0.05) is 17.5 Å². The van der Waals surface area contributed by atoms with Crippen molar-refractivity contribution in [2.24, 2.45) is 5.92 Å². The van der Waals surface area contributed by atoms with Gasteiger partial charge >= 0.3 is 0 Å². The number of amides is 1. The summed E-state index contributed by atoms with van der Waals surface area (Å²) in [6.45, 7) is 4.60. The highest BCUT2D eigenvalue weighted by Crippen LogP contribution is 2.14. The zero-order valence-corrected chi connectivity index (χ0v) is 15.7. The van der Waals surface area contributed by atoms with Gasteiger partial charge in [0.15, 0.2) is 0 Å². The third-order valence-electron chi connectivity index (χ3n) is 4.77. The maximum Gasteiger partial charge on any atom is 0.275 e. The predicted octanol–water partition coefficient (Wildman–Crippen LogP) is 2.89. The summed E-state index contributed by atoms with van der Waals surface area (Å²) in [5, 5.41) is 8.86. The van der Waals surface area contributed by atoms with Crippen molar-refractivity contribution in [2.75, 3.05) is 0 Å². The lowest BCUT2D eigenvalue weighted by molar-refractivity contribution is -0.125.